The van der Waals surface area contributed by atoms with Crippen molar-refractivity contribution in [2.75, 3.05) is 13.2 Å². The molecular formula is C42H60O11. The Kier molecular flexibility index (Phi) is 8.78. The lowest BCUT2D eigenvalue weighted by molar-refractivity contribution is -0.317. The van der Waals surface area contributed by atoms with Crippen molar-refractivity contribution in [2.24, 2.45) is 50.2 Å². The standard InChI is InChI=1S/C42H60O11/c1-36(21-43)17-27-38(3,19-31(36)51-34(49)23-10-8-7-9-11-23)28(46)18-41(6)40(5)15-12-25-37(2,26(40)16-30-42(27,41)53-30)14-13-29(39(25,4)22-44)52-35-33(48)32(47)24(45)20-50-35/h7-11,21,24-33,35,44-48H,12-20,22H2,1-6H3/t24-,25+,26+,27+,28-,29-,30+,31-,32-,33+,35-,36-,37-,38-,39-,40+,41-,42+/m0/s1. The van der Waals surface area contributed by atoms with Gasteiger partial charge in [-0.3, -0.25) is 0 Å². The number of carbonyl (C=O) groups is 2. The van der Waals surface area contributed by atoms with Gasteiger partial charge in [0, 0.05) is 22.2 Å². The fourth-order valence-corrected chi connectivity index (χ4v) is 14.0. The lowest BCUT2D eigenvalue weighted by Gasteiger charge is -2.73. The van der Waals surface area contributed by atoms with Crippen molar-refractivity contribution in [3.63, 3.8) is 0 Å². The first kappa shape index (κ1) is 37.9. The Morgan fingerprint density at radius 2 is 1.58 bits per heavy atom. The summed E-state index contributed by atoms with van der Waals surface area (Å²) in [6.07, 6.45) is -0.674. The number of benzene rings is 1. The largest absolute Gasteiger partial charge is 0.458 e. The van der Waals surface area contributed by atoms with Crippen molar-refractivity contribution in [2.45, 2.75) is 148 Å². The average Bonchev–Trinajstić information content (AvgIpc) is 3.87. The molecule has 0 amide bonds. The van der Waals surface area contributed by atoms with Crippen molar-refractivity contribution in [3.05, 3.63) is 35.9 Å². The summed E-state index contributed by atoms with van der Waals surface area (Å²) in [6.45, 7) is 12.9. The molecule has 1 spiro atoms. The smallest absolute Gasteiger partial charge is 0.338 e. The number of hydrogen-bond donors (Lipinski definition) is 5. The van der Waals surface area contributed by atoms with E-state index >= 15 is 0 Å². The van der Waals surface area contributed by atoms with Crippen LogP contribution in [0.15, 0.2) is 30.3 Å². The molecule has 7 aliphatic rings. The van der Waals surface area contributed by atoms with Crippen LogP contribution in [0.25, 0.3) is 0 Å². The van der Waals surface area contributed by atoms with Crippen LogP contribution < -0.4 is 0 Å². The summed E-state index contributed by atoms with van der Waals surface area (Å²) in [5.41, 5.74) is -3.19. The van der Waals surface area contributed by atoms with E-state index in [1.54, 1.807) is 24.3 Å². The molecule has 0 unspecified atom stereocenters. The normalized spacial score (nSPS) is 55.6. The van der Waals surface area contributed by atoms with Crippen LogP contribution in [-0.2, 0) is 23.7 Å². The lowest BCUT2D eigenvalue weighted by atomic mass is 9.31. The first-order valence-corrected chi connectivity index (χ1v) is 19.9. The van der Waals surface area contributed by atoms with Gasteiger partial charge < -0.3 is 49.3 Å². The highest BCUT2D eigenvalue weighted by Crippen LogP contribution is 2.83. The minimum atomic E-state index is -1.40. The van der Waals surface area contributed by atoms with Crippen molar-refractivity contribution in [1.29, 1.82) is 0 Å². The molecule has 5 aliphatic carbocycles. The van der Waals surface area contributed by atoms with E-state index in [1.807, 2.05) is 13.0 Å². The fraction of sp³-hybridized carbons (Fsp3) is 0.810. The number of hydrogen-bond acceptors (Lipinski definition) is 11. The average molecular weight is 741 g/mol. The molecule has 7 fully saturated rings. The van der Waals surface area contributed by atoms with Crippen molar-refractivity contribution < 1.29 is 54.1 Å². The molecule has 2 aliphatic heterocycles. The van der Waals surface area contributed by atoms with Crippen LogP contribution in [0.5, 0.6) is 0 Å². The molecule has 1 aromatic rings. The maximum absolute atomic E-state index is 13.3. The molecule has 5 saturated carbocycles. The van der Waals surface area contributed by atoms with E-state index < -0.39 is 76.1 Å². The molecule has 11 heteroatoms. The van der Waals surface area contributed by atoms with E-state index in [0.717, 1.165) is 32.0 Å². The molecule has 1 aromatic carbocycles. The van der Waals surface area contributed by atoms with Crippen molar-refractivity contribution in [3.8, 4) is 0 Å². The molecule has 0 bridgehead atoms. The lowest BCUT2D eigenvalue weighted by Crippen LogP contribution is -2.74. The second-order valence-corrected chi connectivity index (χ2v) is 19.7. The van der Waals surface area contributed by atoms with Crippen molar-refractivity contribution in [1.82, 2.24) is 0 Å². The van der Waals surface area contributed by atoms with Crippen LogP contribution in [0.3, 0.4) is 0 Å². The number of aliphatic hydroxyl groups is 5. The summed E-state index contributed by atoms with van der Waals surface area (Å²) in [5.74, 6) is -0.292. The zero-order valence-electron chi connectivity index (χ0n) is 32.1. The third kappa shape index (κ3) is 4.93. The molecular weight excluding hydrogens is 680 g/mol. The summed E-state index contributed by atoms with van der Waals surface area (Å²) in [6, 6.07) is 8.83. The molecule has 5 N–H and O–H groups in total. The molecule has 294 valence electrons. The predicted octanol–water partition coefficient (Wildman–Crippen LogP) is 3.80. The third-order valence-electron chi connectivity index (χ3n) is 17.4. The Morgan fingerprint density at radius 3 is 2.26 bits per heavy atom. The third-order valence-corrected chi connectivity index (χ3v) is 17.4. The Bertz CT molecular complexity index is 1610. The number of epoxide rings is 1. The molecule has 2 saturated heterocycles. The van der Waals surface area contributed by atoms with E-state index in [4.69, 9.17) is 18.9 Å². The summed E-state index contributed by atoms with van der Waals surface area (Å²) in [4.78, 5) is 26.3. The van der Waals surface area contributed by atoms with Crippen LogP contribution in [0.2, 0.25) is 0 Å². The monoisotopic (exact) mass is 740 g/mol. The molecule has 8 rings (SSSR count). The number of aldehydes is 1. The summed E-state index contributed by atoms with van der Waals surface area (Å²) in [5, 5.41) is 54.5. The zero-order chi connectivity index (χ0) is 38.1. The quantitative estimate of drug-likeness (QED) is 0.124. The SMILES string of the molecule is C[C@]1(CO)[C@@H]2CC[C@]3(C)[C@H](C[C@H]4O[C@]45[C@@H]4C[C@@](C)(C=O)[C@@H](OC(=O)c6ccccc6)C[C@]4(C)[C@@H](O)C[C@]53C)[C@@]2(C)CC[C@@H]1O[C@@H]1OC[C@H](O)[C@H](O)[C@H]1O. The van der Waals surface area contributed by atoms with Gasteiger partial charge in [-0.2, -0.15) is 0 Å². The number of esters is 1. The van der Waals surface area contributed by atoms with Crippen LogP contribution in [0.1, 0.15) is 103 Å². The van der Waals surface area contributed by atoms with Crippen LogP contribution in [0, 0.1) is 50.2 Å². The Balaban J connectivity index is 1.08. The second kappa shape index (κ2) is 12.3. The Morgan fingerprint density at radius 1 is 0.868 bits per heavy atom. The maximum Gasteiger partial charge on any atom is 0.338 e. The predicted molar refractivity (Wildman–Crippen MR) is 191 cm³/mol. The highest BCUT2D eigenvalue weighted by atomic mass is 16.7. The van der Waals surface area contributed by atoms with Gasteiger partial charge in [-0.1, -0.05) is 52.8 Å². The van der Waals surface area contributed by atoms with Gasteiger partial charge in [-0.25, -0.2) is 4.79 Å². The van der Waals surface area contributed by atoms with Crippen LogP contribution in [-0.4, -0.2) is 106 Å². The van der Waals surface area contributed by atoms with E-state index in [2.05, 4.69) is 34.6 Å². The van der Waals surface area contributed by atoms with E-state index in [1.165, 1.54) is 0 Å². The van der Waals surface area contributed by atoms with Gasteiger partial charge in [0.15, 0.2) is 6.29 Å². The molecule has 18 atom stereocenters. The number of carbonyl (C=O) groups excluding carboxylic acids is 2. The molecule has 53 heavy (non-hydrogen) atoms. The highest BCUT2D eigenvalue weighted by Gasteiger charge is 2.86. The number of rotatable bonds is 6. The van der Waals surface area contributed by atoms with Crippen molar-refractivity contribution >= 4 is 12.3 Å². The number of aliphatic hydroxyl groups excluding tert-OH is 5. The first-order valence-electron chi connectivity index (χ1n) is 19.9. The molecule has 0 aromatic heterocycles. The van der Waals surface area contributed by atoms with Gasteiger partial charge in [-0.05, 0) is 93.1 Å². The minimum Gasteiger partial charge on any atom is -0.458 e. The van der Waals surface area contributed by atoms with Gasteiger partial charge in [0.25, 0.3) is 0 Å². The summed E-state index contributed by atoms with van der Waals surface area (Å²) < 4.78 is 25.3. The molecule has 11 nitrogen and oxygen atoms in total. The molecule has 0 radical (unpaired) electrons. The van der Waals surface area contributed by atoms with Crippen LogP contribution in [0.4, 0.5) is 0 Å². The van der Waals surface area contributed by atoms with Gasteiger partial charge in [0.2, 0.25) is 0 Å². The zero-order valence-corrected chi connectivity index (χ0v) is 32.1. The van der Waals surface area contributed by atoms with E-state index in [0.29, 0.717) is 31.2 Å². The number of fused-ring (bicyclic) bond motifs is 5. The Labute approximate surface area is 312 Å². The fourth-order valence-electron chi connectivity index (χ4n) is 14.0. The maximum atomic E-state index is 13.3. The summed E-state index contributed by atoms with van der Waals surface area (Å²) in [7, 11) is 0. The van der Waals surface area contributed by atoms with Gasteiger partial charge in [-0.15, -0.1) is 0 Å². The number of ether oxygens (including phenoxy) is 4. The molecule has 2 heterocycles. The summed E-state index contributed by atoms with van der Waals surface area (Å²) >= 11 is 0. The van der Waals surface area contributed by atoms with Gasteiger partial charge >= 0.3 is 5.97 Å². The first-order chi connectivity index (χ1) is 24.9. The van der Waals surface area contributed by atoms with Gasteiger partial charge in [0.1, 0.15) is 36.3 Å². The van der Waals surface area contributed by atoms with E-state index in [-0.39, 0.29) is 47.9 Å². The topological polar surface area (TPSA) is 176 Å². The van der Waals surface area contributed by atoms with E-state index in [9.17, 15) is 35.1 Å². The van der Waals surface area contributed by atoms with Crippen LogP contribution >= 0.6 is 0 Å². The second-order valence-electron chi connectivity index (χ2n) is 19.7. The Hall–Kier alpha value is -1.96. The van der Waals surface area contributed by atoms with Gasteiger partial charge in [0.05, 0.1) is 42.5 Å². The minimum absolute atomic E-state index is 0.0506. The highest BCUT2D eigenvalue weighted by molar-refractivity contribution is 5.89.